The molecule has 1 aromatic heterocycles. The van der Waals surface area contributed by atoms with Gasteiger partial charge in [-0.25, -0.2) is 0 Å². The van der Waals surface area contributed by atoms with E-state index >= 15 is 0 Å². The van der Waals surface area contributed by atoms with Gasteiger partial charge in [-0.2, -0.15) is 0 Å². The fourth-order valence-electron chi connectivity index (χ4n) is 1.61. The van der Waals surface area contributed by atoms with Gasteiger partial charge < -0.3 is 0 Å². The molecule has 1 heterocycles. The number of aromatic nitrogens is 1. The lowest BCUT2D eigenvalue weighted by molar-refractivity contribution is -0.384. The molecule has 2 aromatic rings. The van der Waals surface area contributed by atoms with Crippen LogP contribution in [0.15, 0.2) is 36.5 Å². The van der Waals surface area contributed by atoms with E-state index in [2.05, 4.69) is 4.98 Å². The SMILES string of the molecule is Cc1cccnc1/C=C\c1cc([N+](=O)[O-])ccc1Cl. The Morgan fingerprint density at radius 3 is 2.79 bits per heavy atom. The van der Waals surface area contributed by atoms with Gasteiger partial charge in [0.25, 0.3) is 5.69 Å². The van der Waals surface area contributed by atoms with Crippen molar-refractivity contribution in [1.82, 2.24) is 4.98 Å². The first-order valence-corrected chi connectivity index (χ1v) is 5.99. The van der Waals surface area contributed by atoms with Crippen molar-refractivity contribution in [2.24, 2.45) is 0 Å². The molecule has 0 aliphatic carbocycles. The third-order valence-electron chi connectivity index (χ3n) is 2.66. The summed E-state index contributed by atoms with van der Waals surface area (Å²) in [6, 6.07) is 8.14. The minimum absolute atomic E-state index is 0.0155. The van der Waals surface area contributed by atoms with Crippen molar-refractivity contribution in [2.45, 2.75) is 6.92 Å². The molecule has 0 radical (unpaired) electrons. The highest BCUT2D eigenvalue weighted by molar-refractivity contribution is 6.32. The molecular weight excluding hydrogens is 264 g/mol. The lowest BCUT2D eigenvalue weighted by Gasteiger charge is -2.00. The Bertz CT molecular complexity index is 654. The quantitative estimate of drug-likeness (QED) is 0.625. The Morgan fingerprint density at radius 2 is 2.11 bits per heavy atom. The van der Waals surface area contributed by atoms with Crippen LogP contribution in [-0.4, -0.2) is 9.91 Å². The maximum absolute atomic E-state index is 10.7. The molecule has 0 aliphatic heterocycles. The molecule has 0 unspecified atom stereocenters. The summed E-state index contributed by atoms with van der Waals surface area (Å²) in [7, 11) is 0. The molecular formula is C14H11ClN2O2. The van der Waals surface area contributed by atoms with Crippen molar-refractivity contribution in [1.29, 1.82) is 0 Å². The topological polar surface area (TPSA) is 56.0 Å². The number of nitro benzene ring substituents is 1. The zero-order valence-electron chi connectivity index (χ0n) is 10.2. The number of aryl methyl sites for hydroxylation is 1. The predicted molar refractivity (Wildman–Crippen MR) is 76.0 cm³/mol. The average molecular weight is 275 g/mol. The number of pyridine rings is 1. The second-order valence-corrected chi connectivity index (χ2v) is 4.41. The highest BCUT2D eigenvalue weighted by Crippen LogP contribution is 2.24. The van der Waals surface area contributed by atoms with Crippen molar-refractivity contribution in [3.8, 4) is 0 Å². The Labute approximate surface area is 115 Å². The highest BCUT2D eigenvalue weighted by Gasteiger charge is 2.07. The lowest BCUT2D eigenvalue weighted by atomic mass is 10.1. The van der Waals surface area contributed by atoms with E-state index in [9.17, 15) is 10.1 Å². The summed E-state index contributed by atoms with van der Waals surface area (Å²) < 4.78 is 0. The minimum atomic E-state index is -0.445. The molecule has 0 N–H and O–H groups in total. The van der Waals surface area contributed by atoms with Crippen molar-refractivity contribution < 1.29 is 4.92 Å². The van der Waals surface area contributed by atoms with E-state index in [-0.39, 0.29) is 5.69 Å². The number of non-ortho nitro benzene ring substituents is 1. The van der Waals surface area contributed by atoms with Crippen molar-refractivity contribution in [2.75, 3.05) is 0 Å². The van der Waals surface area contributed by atoms with Crippen molar-refractivity contribution >= 4 is 29.4 Å². The van der Waals surface area contributed by atoms with Gasteiger partial charge in [0.05, 0.1) is 10.6 Å². The van der Waals surface area contributed by atoms with E-state index in [4.69, 9.17) is 11.6 Å². The molecule has 4 nitrogen and oxygen atoms in total. The Kier molecular flexibility index (Phi) is 3.92. The summed E-state index contributed by atoms with van der Waals surface area (Å²) in [5, 5.41) is 11.2. The maximum Gasteiger partial charge on any atom is 0.270 e. The van der Waals surface area contributed by atoms with Crippen LogP contribution in [0, 0.1) is 17.0 Å². The number of benzene rings is 1. The zero-order chi connectivity index (χ0) is 13.8. The maximum atomic E-state index is 10.7. The summed E-state index contributed by atoms with van der Waals surface area (Å²) in [6.45, 7) is 1.95. The smallest absolute Gasteiger partial charge is 0.258 e. The molecule has 0 amide bonds. The van der Waals surface area contributed by atoms with Crippen LogP contribution < -0.4 is 0 Å². The summed E-state index contributed by atoms with van der Waals surface area (Å²) in [5.74, 6) is 0. The number of hydrogen-bond acceptors (Lipinski definition) is 3. The van der Waals surface area contributed by atoms with E-state index in [1.807, 2.05) is 19.1 Å². The van der Waals surface area contributed by atoms with Gasteiger partial charge >= 0.3 is 0 Å². The van der Waals surface area contributed by atoms with Gasteiger partial charge in [-0.1, -0.05) is 23.7 Å². The van der Waals surface area contributed by atoms with Crippen molar-refractivity contribution in [3.05, 3.63) is 68.5 Å². The largest absolute Gasteiger partial charge is 0.270 e. The molecule has 96 valence electrons. The minimum Gasteiger partial charge on any atom is -0.258 e. The van der Waals surface area contributed by atoms with Gasteiger partial charge in [0, 0.05) is 23.4 Å². The fraction of sp³-hybridized carbons (Fsp3) is 0.0714. The molecule has 0 saturated carbocycles. The number of nitro groups is 1. The molecule has 5 heteroatoms. The molecule has 0 aliphatic rings. The summed E-state index contributed by atoms with van der Waals surface area (Å²) in [4.78, 5) is 14.5. The number of hydrogen-bond donors (Lipinski definition) is 0. The number of halogens is 1. The zero-order valence-corrected chi connectivity index (χ0v) is 11.0. The number of nitrogens with zero attached hydrogens (tertiary/aromatic N) is 2. The molecule has 0 fully saturated rings. The van der Waals surface area contributed by atoms with Crippen molar-refractivity contribution in [3.63, 3.8) is 0 Å². The third kappa shape index (κ3) is 3.17. The average Bonchev–Trinajstić information content (AvgIpc) is 2.39. The first-order chi connectivity index (χ1) is 9.08. The van der Waals surface area contributed by atoms with E-state index in [0.717, 1.165) is 11.3 Å². The standard InChI is InChI=1S/C14H11ClN2O2/c1-10-3-2-8-16-14(10)7-4-11-9-12(17(18)19)5-6-13(11)15/h2-9H,1H3/b7-4-. The molecule has 19 heavy (non-hydrogen) atoms. The normalized spacial score (nSPS) is 10.8. The highest BCUT2D eigenvalue weighted by atomic mass is 35.5. The first kappa shape index (κ1) is 13.2. The van der Waals surface area contributed by atoms with Crippen LogP contribution in [-0.2, 0) is 0 Å². The predicted octanol–water partition coefficient (Wildman–Crippen LogP) is 4.12. The molecule has 2 rings (SSSR count). The van der Waals surface area contributed by atoms with Crippen LogP contribution in [0.2, 0.25) is 5.02 Å². The van der Waals surface area contributed by atoms with E-state index in [0.29, 0.717) is 10.6 Å². The van der Waals surface area contributed by atoms with Crippen LogP contribution in [0.5, 0.6) is 0 Å². The van der Waals surface area contributed by atoms with E-state index < -0.39 is 4.92 Å². The fourth-order valence-corrected chi connectivity index (χ4v) is 1.79. The Balaban J connectivity index is 2.35. The van der Waals surface area contributed by atoms with Crippen LogP contribution in [0.25, 0.3) is 12.2 Å². The van der Waals surface area contributed by atoms with Gasteiger partial charge in [0.1, 0.15) is 0 Å². The van der Waals surface area contributed by atoms with Gasteiger partial charge in [-0.3, -0.25) is 15.1 Å². The summed E-state index contributed by atoms with van der Waals surface area (Å²) in [6.07, 6.45) is 5.21. The molecule has 0 atom stereocenters. The van der Waals surface area contributed by atoms with Gasteiger partial charge in [0.15, 0.2) is 0 Å². The monoisotopic (exact) mass is 274 g/mol. The second-order valence-electron chi connectivity index (χ2n) is 4.00. The molecule has 0 spiro atoms. The van der Waals surface area contributed by atoms with Crippen LogP contribution >= 0.6 is 11.6 Å². The second kappa shape index (κ2) is 5.63. The van der Waals surface area contributed by atoms with Gasteiger partial charge in [0.2, 0.25) is 0 Å². The van der Waals surface area contributed by atoms with E-state index in [1.165, 1.54) is 18.2 Å². The first-order valence-electron chi connectivity index (χ1n) is 5.61. The molecule has 0 saturated heterocycles. The summed E-state index contributed by atoms with van der Waals surface area (Å²) in [5.41, 5.74) is 2.45. The lowest BCUT2D eigenvalue weighted by Crippen LogP contribution is -1.89. The Hall–Kier alpha value is -2.20. The Morgan fingerprint density at radius 1 is 1.32 bits per heavy atom. The number of rotatable bonds is 3. The molecule has 0 bridgehead atoms. The van der Waals surface area contributed by atoms with Crippen LogP contribution in [0.1, 0.15) is 16.8 Å². The van der Waals surface area contributed by atoms with Gasteiger partial charge in [-0.05, 0) is 36.3 Å². The van der Waals surface area contributed by atoms with E-state index in [1.54, 1.807) is 18.3 Å². The molecule has 1 aromatic carbocycles. The van der Waals surface area contributed by atoms with Crippen LogP contribution in [0.3, 0.4) is 0 Å². The third-order valence-corrected chi connectivity index (χ3v) is 3.01. The van der Waals surface area contributed by atoms with Gasteiger partial charge in [-0.15, -0.1) is 0 Å². The van der Waals surface area contributed by atoms with Crippen LogP contribution in [0.4, 0.5) is 5.69 Å². The summed E-state index contributed by atoms with van der Waals surface area (Å²) >= 11 is 6.01.